The van der Waals surface area contributed by atoms with Crippen LogP contribution >= 0.6 is 0 Å². The summed E-state index contributed by atoms with van der Waals surface area (Å²) < 4.78 is 5.48. The lowest BCUT2D eigenvalue weighted by atomic mass is 10.1. The number of amides is 3. The molecule has 2 fully saturated rings. The van der Waals surface area contributed by atoms with Crippen LogP contribution in [0.15, 0.2) is 24.3 Å². The zero-order valence-corrected chi connectivity index (χ0v) is 12.5. The van der Waals surface area contributed by atoms with Crippen LogP contribution in [0.25, 0.3) is 0 Å². The molecule has 1 aromatic carbocycles. The van der Waals surface area contributed by atoms with Gasteiger partial charge < -0.3 is 20.7 Å². The number of carbonyl (C=O) groups is 2. The Morgan fingerprint density at radius 1 is 1.41 bits per heavy atom. The average molecular weight is 304 g/mol. The molecule has 118 valence electrons. The molecule has 22 heavy (non-hydrogen) atoms. The third kappa shape index (κ3) is 3.05. The Labute approximate surface area is 129 Å². The Morgan fingerprint density at radius 2 is 2.27 bits per heavy atom. The molecule has 1 aromatic rings. The van der Waals surface area contributed by atoms with Crippen LogP contribution in [0.1, 0.15) is 6.92 Å². The second kappa shape index (κ2) is 6.33. The molecule has 2 aliphatic rings. The number of hydrogen-bond donors (Lipinski definition) is 3. The summed E-state index contributed by atoms with van der Waals surface area (Å²) >= 11 is 0. The molecular weight excluding hydrogens is 284 g/mol. The molecule has 2 aliphatic heterocycles. The molecule has 0 radical (unpaired) electrons. The first-order valence-corrected chi connectivity index (χ1v) is 7.46. The van der Waals surface area contributed by atoms with Crippen molar-refractivity contribution < 1.29 is 14.3 Å². The Morgan fingerprint density at radius 3 is 3.00 bits per heavy atom. The Hall–Kier alpha value is -2.12. The van der Waals surface area contributed by atoms with E-state index in [0.29, 0.717) is 31.9 Å². The molecule has 0 unspecified atom stereocenters. The van der Waals surface area contributed by atoms with Gasteiger partial charge in [0, 0.05) is 31.0 Å². The predicted molar refractivity (Wildman–Crippen MR) is 83.0 cm³/mol. The van der Waals surface area contributed by atoms with Crippen LogP contribution in [-0.2, 0) is 9.53 Å². The smallest absolute Gasteiger partial charge is 0.321 e. The van der Waals surface area contributed by atoms with Crippen molar-refractivity contribution in [2.45, 2.75) is 19.1 Å². The van der Waals surface area contributed by atoms with Crippen LogP contribution < -0.4 is 20.9 Å². The maximum Gasteiger partial charge on any atom is 0.321 e. The van der Waals surface area contributed by atoms with Crippen molar-refractivity contribution >= 4 is 23.3 Å². The third-order valence-corrected chi connectivity index (χ3v) is 3.88. The van der Waals surface area contributed by atoms with Gasteiger partial charge in [-0.15, -0.1) is 0 Å². The predicted octanol–water partition coefficient (Wildman–Crippen LogP) is 0.532. The fraction of sp³-hybridized carbons (Fsp3) is 0.467. The van der Waals surface area contributed by atoms with E-state index in [9.17, 15) is 9.59 Å². The molecule has 0 bridgehead atoms. The molecule has 2 heterocycles. The Balaban J connectivity index is 1.70. The van der Waals surface area contributed by atoms with Gasteiger partial charge in [-0.05, 0) is 25.1 Å². The minimum Gasteiger partial charge on any atom is -0.375 e. The maximum atomic E-state index is 12.3. The molecule has 0 aromatic heterocycles. The van der Waals surface area contributed by atoms with Crippen LogP contribution in [0, 0.1) is 0 Å². The number of benzene rings is 1. The van der Waals surface area contributed by atoms with E-state index < -0.39 is 0 Å². The first-order chi connectivity index (χ1) is 10.6. The van der Waals surface area contributed by atoms with Crippen molar-refractivity contribution in [1.29, 1.82) is 0 Å². The number of rotatable bonds is 3. The molecule has 3 N–H and O–H groups in total. The van der Waals surface area contributed by atoms with Gasteiger partial charge in [0.25, 0.3) is 0 Å². The highest BCUT2D eigenvalue weighted by molar-refractivity contribution is 5.97. The third-order valence-electron chi connectivity index (χ3n) is 3.88. The van der Waals surface area contributed by atoms with E-state index in [1.54, 1.807) is 11.0 Å². The van der Waals surface area contributed by atoms with Crippen LogP contribution in [0.3, 0.4) is 0 Å². The lowest BCUT2D eigenvalue weighted by Gasteiger charge is -2.29. The first kappa shape index (κ1) is 14.8. The molecule has 2 saturated heterocycles. The largest absolute Gasteiger partial charge is 0.375 e. The average Bonchev–Trinajstić information content (AvgIpc) is 2.94. The summed E-state index contributed by atoms with van der Waals surface area (Å²) in [7, 11) is 0. The van der Waals surface area contributed by atoms with Crippen molar-refractivity contribution in [1.82, 2.24) is 10.6 Å². The van der Waals surface area contributed by atoms with Crippen molar-refractivity contribution in [2.24, 2.45) is 0 Å². The van der Waals surface area contributed by atoms with Gasteiger partial charge in [0.2, 0.25) is 5.91 Å². The number of nitrogens with zero attached hydrogens (tertiary/aromatic N) is 1. The second-order valence-corrected chi connectivity index (χ2v) is 5.43. The van der Waals surface area contributed by atoms with Crippen molar-refractivity contribution in [3.8, 4) is 0 Å². The molecule has 7 nitrogen and oxygen atoms in total. The van der Waals surface area contributed by atoms with Gasteiger partial charge in [-0.2, -0.15) is 0 Å². The lowest BCUT2D eigenvalue weighted by Crippen LogP contribution is -2.53. The molecule has 3 amide bonds. The van der Waals surface area contributed by atoms with Gasteiger partial charge >= 0.3 is 6.03 Å². The highest BCUT2D eigenvalue weighted by Crippen LogP contribution is 2.21. The number of carbonyl (C=O) groups excluding carboxylic acids is 2. The van der Waals surface area contributed by atoms with Gasteiger partial charge in [-0.1, -0.05) is 6.07 Å². The second-order valence-electron chi connectivity index (χ2n) is 5.43. The minimum atomic E-state index is -0.368. The first-order valence-electron chi connectivity index (χ1n) is 7.46. The Bertz CT molecular complexity index is 578. The number of ether oxygens (including phenoxy) is 1. The number of morpholine rings is 1. The van der Waals surface area contributed by atoms with E-state index in [1.165, 1.54) is 0 Å². The van der Waals surface area contributed by atoms with E-state index in [2.05, 4.69) is 16.0 Å². The van der Waals surface area contributed by atoms with E-state index >= 15 is 0 Å². The summed E-state index contributed by atoms with van der Waals surface area (Å²) in [6.07, 6.45) is -0.165. The van der Waals surface area contributed by atoms with Gasteiger partial charge in [-0.25, -0.2) is 4.79 Å². The number of nitrogens with one attached hydrogen (secondary N) is 3. The zero-order chi connectivity index (χ0) is 15.5. The quantitative estimate of drug-likeness (QED) is 0.761. The van der Waals surface area contributed by atoms with Crippen LogP contribution in [-0.4, -0.2) is 50.3 Å². The van der Waals surface area contributed by atoms with Crippen molar-refractivity contribution in [2.75, 3.05) is 36.5 Å². The topological polar surface area (TPSA) is 82.7 Å². The number of hydrogen-bond acceptors (Lipinski definition) is 4. The van der Waals surface area contributed by atoms with Gasteiger partial charge in [0.1, 0.15) is 6.04 Å². The molecular formula is C15H20N4O3. The molecule has 7 heteroatoms. The van der Waals surface area contributed by atoms with Crippen molar-refractivity contribution in [3.63, 3.8) is 0 Å². The van der Waals surface area contributed by atoms with Crippen molar-refractivity contribution in [3.05, 3.63) is 24.3 Å². The fourth-order valence-electron chi connectivity index (χ4n) is 2.72. The zero-order valence-electron chi connectivity index (χ0n) is 12.5. The summed E-state index contributed by atoms with van der Waals surface area (Å²) in [5, 5.41) is 8.79. The molecule has 0 saturated carbocycles. The van der Waals surface area contributed by atoms with Gasteiger partial charge in [0.15, 0.2) is 0 Å². The Kier molecular flexibility index (Phi) is 4.26. The van der Waals surface area contributed by atoms with E-state index in [1.807, 2.05) is 25.1 Å². The highest BCUT2D eigenvalue weighted by atomic mass is 16.5. The summed E-state index contributed by atoms with van der Waals surface area (Å²) in [6, 6.07) is 6.81. The SMILES string of the molecule is C[C@H]1OCCN[C@@H]1C(=O)Nc1cccc(N2CCNC2=O)c1. The number of urea groups is 1. The van der Waals surface area contributed by atoms with Crippen LogP contribution in [0.5, 0.6) is 0 Å². The van der Waals surface area contributed by atoms with Gasteiger partial charge in [0.05, 0.1) is 12.7 Å². The molecule has 0 spiro atoms. The number of anilines is 2. The van der Waals surface area contributed by atoms with E-state index in [0.717, 1.165) is 5.69 Å². The summed E-state index contributed by atoms with van der Waals surface area (Å²) in [6.45, 7) is 4.42. The minimum absolute atomic E-state index is 0.112. The van der Waals surface area contributed by atoms with E-state index in [4.69, 9.17) is 4.74 Å². The summed E-state index contributed by atoms with van der Waals surface area (Å²) in [5.41, 5.74) is 1.44. The highest BCUT2D eigenvalue weighted by Gasteiger charge is 2.28. The molecule has 3 rings (SSSR count). The van der Waals surface area contributed by atoms with Gasteiger partial charge in [-0.3, -0.25) is 9.69 Å². The fourth-order valence-corrected chi connectivity index (χ4v) is 2.72. The van der Waals surface area contributed by atoms with Crippen LogP contribution in [0.4, 0.5) is 16.2 Å². The van der Waals surface area contributed by atoms with E-state index in [-0.39, 0.29) is 24.1 Å². The normalized spacial score (nSPS) is 25.0. The molecule has 2 atom stereocenters. The standard InChI is InChI=1S/C15H20N4O3/c1-10-13(16-6-8-22-10)14(20)18-11-3-2-4-12(9-11)19-7-5-17-15(19)21/h2-4,9-10,13,16H,5-8H2,1H3,(H,17,21)(H,18,20)/t10-,13+/m1/s1. The monoisotopic (exact) mass is 304 g/mol. The maximum absolute atomic E-state index is 12.3. The van der Waals surface area contributed by atoms with Crippen LogP contribution in [0.2, 0.25) is 0 Å². The lowest BCUT2D eigenvalue weighted by molar-refractivity contribution is -0.123. The summed E-state index contributed by atoms with van der Waals surface area (Å²) in [4.78, 5) is 25.7. The summed E-state index contributed by atoms with van der Waals surface area (Å²) in [5.74, 6) is -0.129. The molecule has 0 aliphatic carbocycles.